The molecule has 2 atom stereocenters. The Hall–Kier alpha value is -1.62. The molecule has 4 nitrogen and oxygen atoms in total. The maximum Gasteiger partial charge on any atom is 0.245 e. The Labute approximate surface area is 105 Å². The molecule has 1 aliphatic rings. The van der Waals surface area contributed by atoms with Crippen LogP contribution in [0.3, 0.4) is 0 Å². The highest BCUT2D eigenvalue weighted by atomic mass is 19.1. The van der Waals surface area contributed by atoms with Crippen molar-refractivity contribution in [3.8, 4) is 0 Å². The number of carbonyl (C=O) groups is 1. The van der Waals surface area contributed by atoms with E-state index in [0.29, 0.717) is 13.1 Å². The minimum absolute atomic E-state index is 0.189. The van der Waals surface area contributed by atoms with E-state index < -0.39 is 6.04 Å². The first-order valence-electron chi connectivity index (χ1n) is 6.02. The van der Waals surface area contributed by atoms with Gasteiger partial charge in [-0.1, -0.05) is 6.92 Å². The molecule has 5 heteroatoms. The molecule has 1 aromatic carbocycles. The van der Waals surface area contributed by atoms with Crippen LogP contribution in [-0.2, 0) is 4.79 Å². The zero-order valence-corrected chi connectivity index (χ0v) is 10.3. The van der Waals surface area contributed by atoms with Crippen LogP contribution in [0.5, 0.6) is 0 Å². The summed E-state index contributed by atoms with van der Waals surface area (Å²) in [6.45, 7) is 3.01. The van der Waals surface area contributed by atoms with E-state index in [0.717, 1.165) is 5.69 Å². The van der Waals surface area contributed by atoms with Crippen LogP contribution < -0.4 is 10.2 Å². The first-order valence-corrected chi connectivity index (χ1v) is 6.02. The molecule has 0 saturated carbocycles. The van der Waals surface area contributed by atoms with E-state index >= 15 is 0 Å². The number of halogens is 1. The molecule has 1 heterocycles. The lowest BCUT2D eigenvalue weighted by Gasteiger charge is -2.30. The third-order valence-corrected chi connectivity index (χ3v) is 3.14. The second-order valence-electron chi connectivity index (χ2n) is 4.68. The quantitative estimate of drug-likeness (QED) is 0.817. The smallest absolute Gasteiger partial charge is 0.245 e. The maximum atomic E-state index is 12.9. The van der Waals surface area contributed by atoms with Crippen LogP contribution in [0.1, 0.15) is 6.92 Å². The molecule has 1 fully saturated rings. The summed E-state index contributed by atoms with van der Waals surface area (Å²) in [5.41, 5.74) is 0.749. The number of hydrogen-bond donors (Lipinski definition) is 2. The molecule has 0 bridgehead atoms. The summed E-state index contributed by atoms with van der Waals surface area (Å²) >= 11 is 0. The topological polar surface area (TPSA) is 52.6 Å². The number of anilines is 1. The van der Waals surface area contributed by atoms with E-state index in [1.165, 1.54) is 12.1 Å². The summed E-state index contributed by atoms with van der Waals surface area (Å²) in [5, 5.41) is 12.2. The summed E-state index contributed by atoms with van der Waals surface area (Å²) in [7, 11) is 0. The molecular formula is C13H17FN2O2. The molecule has 1 amide bonds. The lowest BCUT2D eigenvalue weighted by molar-refractivity contribution is -0.122. The van der Waals surface area contributed by atoms with Gasteiger partial charge in [-0.3, -0.25) is 4.79 Å². The zero-order valence-electron chi connectivity index (χ0n) is 10.3. The number of carbonyl (C=O) groups excluding carboxylic acids is 1. The van der Waals surface area contributed by atoms with Crippen molar-refractivity contribution in [3.05, 3.63) is 30.1 Å². The third kappa shape index (κ3) is 2.61. The van der Waals surface area contributed by atoms with Crippen molar-refractivity contribution in [2.45, 2.75) is 13.0 Å². The molecule has 2 unspecified atom stereocenters. The van der Waals surface area contributed by atoms with Crippen molar-refractivity contribution in [2.75, 3.05) is 24.6 Å². The average Bonchev–Trinajstić information content (AvgIpc) is 2.50. The molecule has 2 rings (SSSR count). The Balaban J connectivity index is 2.30. The first-order chi connectivity index (χ1) is 8.61. The Bertz CT molecular complexity index is 422. The summed E-state index contributed by atoms with van der Waals surface area (Å²) in [6, 6.07) is 5.36. The van der Waals surface area contributed by atoms with Gasteiger partial charge in [0.15, 0.2) is 0 Å². The standard InChI is InChI=1S/C13H17FN2O2/c1-9-6-15-13(18)12(8-17)16(7-9)11-4-2-10(14)3-5-11/h2-5,9,12,17H,6-8H2,1H3,(H,15,18). The molecule has 0 aliphatic carbocycles. The van der Waals surface area contributed by atoms with Gasteiger partial charge in [0, 0.05) is 18.8 Å². The van der Waals surface area contributed by atoms with Gasteiger partial charge in [-0.05, 0) is 30.2 Å². The lowest BCUT2D eigenvalue weighted by atomic mass is 10.1. The zero-order chi connectivity index (χ0) is 13.1. The molecule has 0 spiro atoms. The number of hydrogen-bond acceptors (Lipinski definition) is 3. The van der Waals surface area contributed by atoms with Crippen LogP contribution in [0.25, 0.3) is 0 Å². The second kappa shape index (κ2) is 5.35. The summed E-state index contributed by atoms with van der Waals surface area (Å²) in [5.74, 6) is -0.228. The number of aliphatic hydroxyl groups excluding tert-OH is 1. The highest BCUT2D eigenvalue weighted by Crippen LogP contribution is 2.21. The predicted octanol–water partition coefficient (Wildman–Crippen LogP) is 0.759. The van der Waals surface area contributed by atoms with E-state index in [4.69, 9.17) is 0 Å². The number of amides is 1. The number of nitrogens with one attached hydrogen (secondary N) is 1. The van der Waals surface area contributed by atoms with Crippen molar-refractivity contribution in [2.24, 2.45) is 5.92 Å². The average molecular weight is 252 g/mol. The fourth-order valence-corrected chi connectivity index (χ4v) is 2.16. The highest BCUT2D eigenvalue weighted by Gasteiger charge is 2.29. The van der Waals surface area contributed by atoms with Gasteiger partial charge in [0.1, 0.15) is 11.9 Å². The van der Waals surface area contributed by atoms with Crippen molar-refractivity contribution in [1.82, 2.24) is 5.32 Å². The SMILES string of the molecule is CC1CNC(=O)C(CO)N(c2ccc(F)cc2)C1. The molecular weight excluding hydrogens is 235 g/mol. The molecule has 98 valence electrons. The second-order valence-corrected chi connectivity index (χ2v) is 4.68. The number of aliphatic hydroxyl groups is 1. The van der Waals surface area contributed by atoms with E-state index in [1.807, 2.05) is 11.8 Å². The van der Waals surface area contributed by atoms with Gasteiger partial charge in [-0.25, -0.2) is 4.39 Å². The maximum absolute atomic E-state index is 12.9. The summed E-state index contributed by atoms with van der Waals surface area (Å²) < 4.78 is 12.9. The lowest BCUT2D eigenvalue weighted by Crippen LogP contribution is -2.47. The largest absolute Gasteiger partial charge is 0.394 e. The van der Waals surface area contributed by atoms with Crippen LogP contribution in [0.15, 0.2) is 24.3 Å². The summed E-state index contributed by atoms with van der Waals surface area (Å²) in [6.07, 6.45) is 0. The van der Waals surface area contributed by atoms with E-state index in [9.17, 15) is 14.3 Å². The van der Waals surface area contributed by atoms with Crippen LogP contribution >= 0.6 is 0 Å². The Morgan fingerprint density at radius 3 is 2.72 bits per heavy atom. The van der Waals surface area contributed by atoms with E-state index in [-0.39, 0.29) is 24.2 Å². The molecule has 1 aromatic rings. The van der Waals surface area contributed by atoms with Gasteiger partial charge in [-0.2, -0.15) is 0 Å². The minimum atomic E-state index is -0.611. The Morgan fingerprint density at radius 1 is 1.44 bits per heavy atom. The fraction of sp³-hybridized carbons (Fsp3) is 0.462. The number of rotatable bonds is 2. The van der Waals surface area contributed by atoms with E-state index in [2.05, 4.69) is 5.32 Å². The molecule has 0 radical (unpaired) electrons. The number of nitrogens with zero attached hydrogens (tertiary/aromatic N) is 1. The molecule has 1 saturated heterocycles. The molecule has 2 N–H and O–H groups in total. The molecule has 0 aromatic heterocycles. The minimum Gasteiger partial charge on any atom is -0.394 e. The van der Waals surface area contributed by atoms with Gasteiger partial charge in [-0.15, -0.1) is 0 Å². The van der Waals surface area contributed by atoms with Crippen LogP contribution in [0.4, 0.5) is 10.1 Å². The Kier molecular flexibility index (Phi) is 3.81. The molecule has 1 aliphatic heterocycles. The highest BCUT2D eigenvalue weighted by molar-refractivity contribution is 5.85. The van der Waals surface area contributed by atoms with Crippen LogP contribution in [0.2, 0.25) is 0 Å². The van der Waals surface area contributed by atoms with Gasteiger partial charge >= 0.3 is 0 Å². The monoisotopic (exact) mass is 252 g/mol. The molecule has 18 heavy (non-hydrogen) atoms. The summed E-state index contributed by atoms with van der Waals surface area (Å²) in [4.78, 5) is 13.7. The normalized spacial score (nSPS) is 24.6. The first kappa shape index (κ1) is 12.8. The van der Waals surface area contributed by atoms with Crippen molar-refractivity contribution < 1.29 is 14.3 Å². The van der Waals surface area contributed by atoms with Gasteiger partial charge in [0.2, 0.25) is 5.91 Å². The third-order valence-electron chi connectivity index (χ3n) is 3.14. The predicted molar refractivity (Wildman–Crippen MR) is 66.8 cm³/mol. The fourth-order valence-electron chi connectivity index (χ4n) is 2.16. The van der Waals surface area contributed by atoms with Crippen molar-refractivity contribution >= 4 is 11.6 Å². The number of benzene rings is 1. The van der Waals surface area contributed by atoms with Gasteiger partial charge in [0.05, 0.1) is 6.61 Å². The van der Waals surface area contributed by atoms with E-state index in [1.54, 1.807) is 12.1 Å². The van der Waals surface area contributed by atoms with Crippen LogP contribution in [0, 0.1) is 11.7 Å². The van der Waals surface area contributed by atoms with Crippen molar-refractivity contribution in [1.29, 1.82) is 0 Å². The van der Waals surface area contributed by atoms with Gasteiger partial charge < -0.3 is 15.3 Å². The van der Waals surface area contributed by atoms with Crippen molar-refractivity contribution in [3.63, 3.8) is 0 Å². The van der Waals surface area contributed by atoms with Crippen LogP contribution in [-0.4, -0.2) is 36.8 Å². The van der Waals surface area contributed by atoms with Gasteiger partial charge in [0.25, 0.3) is 0 Å². The Morgan fingerprint density at radius 2 is 2.11 bits per heavy atom.